The summed E-state index contributed by atoms with van der Waals surface area (Å²) in [6, 6.07) is 8.05. The van der Waals surface area contributed by atoms with E-state index in [2.05, 4.69) is 13.0 Å². The van der Waals surface area contributed by atoms with E-state index in [1.807, 2.05) is 18.2 Å². The molecule has 1 aromatic carbocycles. The zero-order valence-corrected chi connectivity index (χ0v) is 11.5. The average Bonchev–Trinajstić information content (AvgIpc) is 2.82. The Bertz CT molecular complexity index is 587. The van der Waals surface area contributed by atoms with Crippen LogP contribution in [0.5, 0.6) is 0 Å². The Kier molecular flexibility index (Phi) is 3.11. The highest BCUT2D eigenvalue weighted by molar-refractivity contribution is 5.78. The van der Waals surface area contributed by atoms with Gasteiger partial charge in [0.2, 0.25) is 0 Å². The summed E-state index contributed by atoms with van der Waals surface area (Å²) in [5.41, 5.74) is 1.16. The number of aliphatic hydroxyl groups is 1. The topological polar surface area (TPSA) is 42.6 Å². The van der Waals surface area contributed by atoms with Gasteiger partial charge in [-0.25, -0.2) is 0 Å². The monoisotopic (exact) mass is 260 g/mol. The molecule has 1 N–H and O–H groups in total. The first-order chi connectivity index (χ1) is 9.10. The first kappa shape index (κ1) is 12.7. The molecule has 1 aromatic heterocycles. The lowest BCUT2D eigenvalue weighted by Crippen LogP contribution is -2.35. The zero-order chi connectivity index (χ0) is 13.5. The fourth-order valence-corrected chi connectivity index (χ4v) is 3.02. The largest absolute Gasteiger partial charge is 0.458 e. The number of furan rings is 1. The molecule has 1 aliphatic carbocycles. The Morgan fingerprint density at radius 3 is 3.00 bits per heavy atom. The molecule has 2 atom stereocenters. The highest BCUT2D eigenvalue weighted by atomic mass is 16.5. The summed E-state index contributed by atoms with van der Waals surface area (Å²) < 4.78 is 11.3. The molecule has 0 spiro atoms. The number of hydrogen-bond acceptors (Lipinski definition) is 3. The molecule has 2 aromatic rings. The van der Waals surface area contributed by atoms with Gasteiger partial charge in [-0.15, -0.1) is 0 Å². The van der Waals surface area contributed by atoms with Gasteiger partial charge >= 0.3 is 0 Å². The second kappa shape index (κ2) is 4.66. The molecule has 1 fully saturated rings. The first-order valence-electron chi connectivity index (χ1n) is 6.86. The Balaban J connectivity index is 1.98. The standard InChI is InChI=1S/C16H20O3/c1-11-5-6-14-12(8-11)9-15(19-14)16(17)7-3-4-13(10-16)18-2/h5-6,8-9,13,17H,3-4,7,10H2,1-2H3. The van der Waals surface area contributed by atoms with Crippen LogP contribution < -0.4 is 0 Å². The molecule has 3 heteroatoms. The van der Waals surface area contributed by atoms with Crippen LogP contribution in [0.3, 0.4) is 0 Å². The summed E-state index contributed by atoms with van der Waals surface area (Å²) in [7, 11) is 1.71. The maximum Gasteiger partial charge on any atom is 0.136 e. The normalized spacial score (nSPS) is 27.8. The zero-order valence-electron chi connectivity index (χ0n) is 11.5. The average molecular weight is 260 g/mol. The van der Waals surface area contributed by atoms with Crippen molar-refractivity contribution < 1.29 is 14.3 Å². The molecule has 2 unspecified atom stereocenters. The minimum atomic E-state index is -0.883. The van der Waals surface area contributed by atoms with Gasteiger partial charge in [-0.3, -0.25) is 0 Å². The number of rotatable bonds is 2. The number of aryl methyl sites for hydroxylation is 1. The molecule has 3 nitrogen and oxygen atoms in total. The number of ether oxygens (including phenoxy) is 1. The summed E-state index contributed by atoms with van der Waals surface area (Å²) >= 11 is 0. The summed E-state index contributed by atoms with van der Waals surface area (Å²) in [6.07, 6.45) is 3.45. The molecule has 102 valence electrons. The molecule has 1 saturated carbocycles. The van der Waals surface area contributed by atoms with Crippen molar-refractivity contribution in [2.24, 2.45) is 0 Å². The smallest absolute Gasteiger partial charge is 0.136 e. The Hall–Kier alpha value is -1.32. The van der Waals surface area contributed by atoms with E-state index in [0.717, 1.165) is 30.2 Å². The lowest BCUT2D eigenvalue weighted by atomic mass is 9.81. The molecular weight excluding hydrogens is 240 g/mol. The van der Waals surface area contributed by atoms with Gasteiger partial charge in [0, 0.05) is 18.9 Å². The van der Waals surface area contributed by atoms with E-state index in [4.69, 9.17) is 9.15 Å². The molecule has 19 heavy (non-hydrogen) atoms. The van der Waals surface area contributed by atoms with Crippen molar-refractivity contribution in [3.8, 4) is 0 Å². The third-order valence-electron chi connectivity index (χ3n) is 4.15. The minimum Gasteiger partial charge on any atom is -0.458 e. The quantitative estimate of drug-likeness (QED) is 0.898. The lowest BCUT2D eigenvalue weighted by Gasteiger charge is -2.34. The van der Waals surface area contributed by atoms with Crippen LogP contribution in [0.25, 0.3) is 11.0 Å². The fourth-order valence-electron chi connectivity index (χ4n) is 3.02. The van der Waals surface area contributed by atoms with Crippen LogP contribution in [0.15, 0.2) is 28.7 Å². The van der Waals surface area contributed by atoms with E-state index in [1.165, 1.54) is 5.56 Å². The summed E-state index contributed by atoms with van der Waals surface area (Å²) in [5, 5.41) is 11.9. The molecule has 0 bridgehead atoms. The van der Waals surface area contributed by atoms with Gasteiger partial charge in [0.25, 0.3) is 0 Å². The van der Waals surface area contributed by atoms with Crippen molar-refractivity contribution in [3.05, 3.63) is 35.6 Å². The minimum absolute atomic E-state index is 0.119. The second-order valence-electron chi connectivity index (χ2n) is 5.64. The second-order valence-corrected chi connectivity index (χ2v) is 5.64. The van der Waals surface area contributed by atoms with Crippen molar-refractivity contribution in [2.75, 3.05) is 7.11 Å². The Labute approximate surface area is 113 Å². The molecule has 0 amide bonds. The van der Waals surface area contributed by atoms with Crippen molar-refractivity contribution in [1.82, 2.24) is 0 Å². The van der Waals surface area contributed by atoms with Crippen LogP contribution >= 0.6 is 0 Å². The van der Waals surface area contributed by atoms with Gasteiger partial charge in [-0.05, 0) is 44.4 Å². The first-order valence-corrected chi connectivity index (χ1v) is 6.86. The summed E-state index contributed by atoms with van der Waals surface area (Å²) in [4.78, 5) is 0. The predicted octanol–water partition coefficient (Wildman–Crippen LogP) is 3.52. The van der Waals surface area contributed by atoms with Gasteiger partial charge in [0.15, 0.2) is 0 Å². The van der Waals surface area contributed by atoms with E-state index >= 15 is 0 Å². The molecule has 3 rings (SSSR count). The molecule has 1 heterocycles. The van der Waals surface area contributed by atoms with Gasteiger partial charge in [0.05, 0.1) is 6.10 Å². The summed E-state index contributed by atoms with van der Waals surface area (Å²) in [6.45, 7) is 2.06. The van der Waals surface area contributed by atoms with Gasteiger partial charge in [0.1, 0.15) is 16.9 Å². The van der Waals surface area contributed by atoms with Gasteiger partial charge < -0.3 is 14.3 Å². The number of methoxy groups -OCH3 is 1. The number of benzene rings is 1. The van der Waals surface area contributed by atoms with E-state index in [9.17, 15) is 5.11 Å². The van der Waals surface area contributed by atoms with Crippen LogP contribution in [0, 0.1) is 6.92 Å². The van der Waals surface area contributed by atoms with Crippen molar-refractivity contribution in [1.29, 1.82) is 0 Å². The van der Waals surface area contributed by atoms with E-state index in [0.29, 0.717) is 12.2 Å². The van der Waals surface area contributed by atoms with Crippen LogP contribution in [0.2, 0.25) is 0 Å². The third kappa shape index (κ3) is 2.28. The van der Waals surface area contributed by atoms with Crippen molar-refractivity contribution >= 4 is 11.0 Å². The molecule has 0 aliphatic heterocycles. The number of fused-ring (bicyclic) bond motifs is 1. The van der Waals surface area contributed by atoms with Crippen molar-refractivity contribution in [3.63, 3.8) is 0 Å². The van der Waals surface area contributed by atoms with Crippen LogP contribution in [0.1, 0.15) is 37.0 Å². The van der Waals surface area contributed by atoms with Crippen LogP contribution in [0.4, 0.5) is 0 Å². The predicted molar refractivity (Wildman–Crippen MR) is 74.1 cm³/mol. The fraction of sp³-hybridized carbons (Fsp3) is 0.500. The molecule has 0 radical (unpaired) electrons. The maximum atomic E-state index is 10.8. The van der Waals surface area contributed by atoms with E-state index in [1.54, 1.807) is 7.11 Å². The lowest BCUT2D eigenvalue weighted by molar-refractivity contribution is -0.0744. The maximum absolute atomic E-state index is 10.8. The SMILES string of the molecule is COC1CCCC(O)(c2cc3cc(C)ccc3o2)C1. The third-order valence-corrected chi connectivity index (χ3v) is 4.15. The van der Waals surface area contributed by atoms with E-state index in [-0.39, 0.29) is 6.10 Å². The van der Waals surface area contributed by atoms with Crippen molar-refractivity contribution in [2.45, 2.75) is 44.3 Å². The van der Waals surface area contributed by atoms with Crippen LogP contribution in [-0.2, 0) is 10.3 Å². The Morgan fingerprint density at radius 1 is 1.37 bits per heavy atom. The van der Waals surface area contributed by atoms with Gasteiger partial charge in [-0.2, -0.15) is 0 Å². The number of hydrogen-bond donors (Lipinski definition) is 1. The molecule has 1 aliphatic rings. The molecular formula is C16H20O3. The highest BCUT2D eigenvalue weighted by Crippen LogP contribution is 2.40. The highest BCUT2D eigenvalue weighted by Gasteiger charge is 2.38. The summed E-state index contributed by atoms with van der Waals surface area (Å²) in [5.74, 6) is 0.676. The molecule has 0 saturated heterocycles. The Morgan fingerprint density at radius 2 is 2.21 bits per heavy atom. The van der Waals surface area contributed by atoms with Crippen LogP contribution in [-0.4, -0.2) is 18.3 Å². The van der Waals surface area contributed by atoms with Gasteiger partial charge in [-0.1, -0.05) is 11.6 Å². The van der Waals surface area contributed by atoms with E-state index < -0.39 is 5.60 Å².